The van der Waals surface area contributed by atoms with Crippen molar-refractivity contribution in [2.24, 2.45) is 0 Å². The lowest BCUT2D eigenvalue weighted by Crippen LogP contribution is -2.11. The number of aryl methyl sites for hydroxylation is 1. The summed E-state index contributed by atoms with van der Waals surface area (Å²) in [6.45, 7) is 1.64. The van der Waals surface area contributed by atoms with Gasteiger partial charge in [0.05, 0.1) is 16.7 Å². The molecule has 0 atom stereocenters. The fraction of sp³-hybridized carbons (Fsp3) is 0.0833. The molecule has 0 saturated carbocycles. The zero-order valence-electron chi connectivity index (χ0n) is 10.2. The topological polar surface area (TPSA) is 96.7 Å². The van der Waals surface area contributed by atoms with Crippen molar-refractivity contribution in [1.29, 1.82) is 0 Å². The van der Waals surface area contributed by atoms with Gasteiger partial charge in [0.2, 0.25) is 11.5 Å². The van der Waals surface area contributed by atoms with Crippen molar-refractivity contribution in [2.75, 3.05) is 0 Å². The zero-order valence-corrected chi connectivity index (χ0v) is 11.8. The highest BCUT2D eigenvalue weighted by atomic mass is 79.9. The Labute approximate surface area is 119 Å². The number of aromatic amines is 1. The maximum atomic E-state index is 12.0. The Bertz CT molecular complexity index is 912. The molecule has 20 heavy (non-hydrogen) atoms. The molecule has 3 aromatic rings. The standard InChI is InChI=1S/C12H8BrN3O4/c1-5-11(20-12(18)19)15-9-10(17)14-7-4-6(13)2-3-8(7)16(5)9/h2-4H,1H3,(H,14,17)(H,18,19). The van der Waals surface area contributed by atoms with Crippen LogP contribution in [0.25, 0.3) is 16.7 Å². The monoisotopic (exact) mass is 337 g/mol. The molecule has 102 valence electrons. The average molecular weight is 338 g/mol. The zero-order chi connectivity index (χ0) is 14.4. The minimum absolute atomic E-state index is 0.0913. The number of carboxylic acid groups (broad SMARTS) is 1. The molecular formula is C12H8BrN3O4. The van der Waals surface area contributed by atoms with Crippen LogP contribution in [0.15, 0.2) is 27.5 Å². The highest BCUT2D eigenvalue weighted by molar-refractivity contribution is 9.10. The van der Waals surface area contributed by atoms with Crippen molar-refractivity contribution >= 4 is 38.8 Å². The van der Waals surface area contributed by atoms with Gasteiger partial charge in [-0.05, 0) is 25.1 Å². The number of hydrogen-bond acceptors (Lipinski definition) is 4. The van der Waals surface area contributed by atoms with Crippen LogP contribution in [-0.4, -0.2) is 25.6 Å². The number of carbonyl (C=O) groups is 1. The molecule has 0 amide bonds. The molecule has 0 saturated heterocycles. The van der Waals surface area contributed by atoms with Crippen LogP contribution in [0.1, 0.15) is 5.69 Å². The summed E-state index contributed by atoms with van der Waals surface area (Å²) in [5.74, 6) is -0.0987. The number of hydrogen-bond donors (Lipinski definition) is 2. The summed E-state index contributed by atoms with van der Waals surface area (Å²) in [4.78, 5) is 29.2. The van der Waals surface area contributed by atoms with E-state index in [1.54, 1.807) is 23.5 Å². The summed E-state index contributed by atoms with van der Waals surface area (Å²) >= 11 is 3.33. The molecule has 0 aliphatic carbocycles. The highest BCUT2D eigenvalue weighted by Gasteiger charge is 2.17. The van der Waals surface area contributed by atoms with Gasteiger partial charge in [0.1, 0.15) is 0 Å². The Balaban J connectivity index is 2.45. The van der Waals surface area contributed by atoms with Gasteiger partial charge in [-0.2, -0.15) is 4.98 Å². The fourth-order valence-corrected chi connectivity index (χ4v) is 2.45. The molecule has 0 bridgehead atoms. The Kier molecular flexibility index (Phi) is 2.75. The van der Waals surface area contributed by atoms with Crippen LogP contribution < -0.4 is 10.3 Å². The molecule has 2 N–H and O–H groups in total. The van der Waals surface area contributed by atoms with Gasteiger partial charge in [-0.25, -0.2) is 4.79 Å². The number of imidazole rings is 1. The van der Waals surface area contributed by atoms with E-state index in [0.717, 1.165) is 4.47 Å². The van der Waals surface area contributed by atoms with E-state index in [4.69, 9.17) is 5.11 Å². The lowest BCUT2D eigenvalue weighted by Gasteiger charge is -2.04. The summed E-state index contributed by atoms with van der Waals surface area (Å²) in [6.07, 6.45) is -1.47. The molecule has 0 aliphatic heterocycles. The first-order chi connectivity index (χ1) is 9.47. The number of halogens is 1. The summed E-state index contributed by atoms with van der Waals surface area (Å²) in [6, 6.07) is 5.37. The lowest BCUT2D eigenvalue weighted by atomic mass is 10.3. The van der Waals surface area contributed by atoms with Crippen LogP contribution in [0.3, 0.4) is 0 Å². The van der Waals surface area contributed by atoms with Crippen molar-refractivity contribution < 1.29 is 14.6 Å². The minimum atomic E-state index is -1.47. The number of fused-ring (bicyclic) bond motifs is 3. The quantitative estimate of drug-likeness (QED) is 0.664. The Morgan fingerprint density at radius 1 is 1.50 bits per heavy atom. The van der Waals surface area contributed by atoms with Crippen molar-refractivity contribution in [3.8, 4) is 5.88 Å². The molecule has 0 unspecified atom stereocenters. The second kappa shape index (κ2) is 4.34. The summed E-state index contributed by atoms with van der Waals surface area (Å²) < 4.78 is 6.97. The van der Waals surface area contributed by atoms with Gasteiger partial charge in [-0.1, -0.05) is 15.9 Å². The van der Waals surface area contributed by atoms with Crippen molar-refractivity contribution in [3.05, 3.63) is 38.7 Å². The van der Waals surface area contributed by atoms with Crippen LogP contribution >= 0.6 is 15.9 Å². The van der Waals surface area contributed by atoms with E-state index in [0.29, 0.717) is 16.7 Å². The second-order valence-corrected chi connectivity index (χ2v) is 5.06. The highest BCUT2D eigenvalue weighted by Crippen LogP contribution is 2.23. The average Bonchev–Trinajstić information content (AvgIpc) is 2.67. The van der Waals surface area contributed by atoms with Gasteiger partial charge in [0, 0.05) is 4.47 Å². The first-order valence-electron chi connectivity index (χ1n) is 5.59. The molecule has 0 fully saturated rings. The summed E-state index contributed by atoms with van der Waals surface area (Å²) in [7, 11) is 0. The van der Waals surface area contributed by atoms with Crippen LogP contribution in [0.2, 0.25) is 0 Å². The number of ether oxygens (including phenoxy) is 1. The molecule has 0 aliphatic rings. The van der Waals surface area contributed by atoms with Gasteiger partial charge in [-0.15, -0.1) is 0 Å². The third kappa shape index (κ3) is 1.85. The van der Waals surface area contributed by atoms with Gasteiger partial charge in [0.25, 0.3) is 5.56 Å². The van der Waals surface area contributed by atoms with E-state index in [2.05, 4.69) is 30.6 Å². The first-order valence-corrected chi connectivity index (χ1v) is 6.38. The van der Waals surface area contributed by atoms with E-state index in [-0.39, 0.29) is 11.5 Å². The van der Waals surface area contributed by atoms with E-state index in [9.17, 15) is 9.59 Å². The number of rotatable bonds is 1. The number of nitrogens with zero attached hydrogens (tertiary/aromatic N) is 2. The van der Waals surface area contributed by atoms with E-state index < -0.39 is 11.7 Å². The number of benzene rings is 1. The number of aromatic nitrogens is 3. The predicted molar refractivity (Wildman–Crippen MR) is 74.4 cm³/mol. The van der Waals surface area contributed by atoms with Gasteiger partial charge in [-0.3, -0.25) is 9.20 Å². The Hall–Kier alpha value is -2.35. The number of H-pyrrole nitrogens is 1. The summed E-state index contributed by atoms with van der Waals surface area (Å²) in [5, 5.41) is 8.67. The smallest absolute Gasteiger partial charge is 0.449 e. The van der Waals surface area contributed by atoms with E-state index >= 15 is 0 Å². The molecular weight excluding hydrogens is 330 g/mol. The molecule has 1 aromatic carbocycles. The van der Waals surface area contributed by atoms with Crippen molar-refractivity contribution in [3.63, 3.8) is 0 Å². The van der Waals surface area contributed by atoms with Crippen LogP contribution in [0, 0.1) is 6.92 Å². The molecule has 3 rings (SSSR count). The fourth-order valence-electron chi connectivity index (χ4n) is 2.09. The summed E-state index contributed by atoms with van der Waals surface area (Å²) in [5.41, 5.74) is 1.43. The molecule has 7 nitrogen and oxygen atoms in total. The number of nitrogens with one attached hydrogen (secondary N) is 1. The SMILES string of the molecule is Cc1c(OC(=O)O)nc2c(=O)[nH]c3cc(Br)ccc3n12. The maximum Gasteiger partial charge on any atom is 0.512 e. The van der Waals surface area contributed by atoms with Crippen LogP contribution in [0.4, 0.5) is 4.79 Å². The van der Waals surface area contributed by atoms with E-state index in [1.165, 1.54) is 0 Å². The molecule has 2 heterocycles. The molecule has 0 spiro atoms. The van der Waals surface area contributed by atoms with Crippen LogP contribution in [-0.2, 0) is 0 Å². The van der Waals surface area contributed by atoms with E-state index in [1.807, 2.05) is 6.07 Å². The second-order valence-electron chi connectivity index (χ2n) is 4.14. The predicted octanol–water partition coefficient (Wildman–Crippen LogP) is 2.30. The minimum Gasteiger partial charge on any atom is -0.449 e. The first kappa shape index (κ1) is 12.7. The molecule has 2 aromatic heterocycles. The normalized spacial score (nSPS) is 11.1. The van der Waals surface area contributed by atoms with Crippen LogP contribution in [0.5, 0.6) is 5.88 Å². The Morgan fingerprint density at radius 2 is 2.25 bits per heavy atom. The van der Waals surface area contributed by atoms with Gasteiger partial charge < -0.3 is 14.8 Å². The molecule has 0 radical (unpaired) electrons. The molecule has 8 heteroatoms. The largest absolute Gasteiger partial charge is 0.512 e. The lowest BCUT2D eigenvalue weighted by molar-refractivity contribution is 0.142. The van der Waals surface area contributed by atoms with Gasteiger partial charge >= 0.3 is 6.16 Å². The third-order valence-electron chi connectivity index (χ3n) is 2.90. The maximum absolute atomic E-state index is 12.0. The third-order valence-corrected chi connectivity index (χ3v) is 3.39. The Morgan fingerprint density at radius 3 is 2.95 bits per heavy atom. The van der Waals surface area contributed by atoms with Crippen molar-refractivity contribution in [2.45, 2.75) is 6.92 Å². The van der Waals surface area contributed by atoms with Crippen molar-refractivity contribution in [1.82, 2.24) is 14.4 Å². The van der Waals surface area contributed by atoms with Gasteiger partial charge in [0.15, 0.2) is 0 Å².